The maximum absolute atomic E-state index is 10.2. The van der Waals surface area contributed by atoms with Crippen LogP contribution in [0.4, 0.5) is 0 Å². The standard InChI is InChI=1S/C14H23NO2/c1-3-4-8-13(16)12(10-15)11-7-5-6-9-14(11)17-2/h5-7,9,12-13,16H,3-4,8,10,15H2,1-2H3. The number of rotatable bonds is 7. The van der Waals surface area contributed by atoms with Crippen LogP contribution in [0.2, 0.25) is 0 Å². The Kier molecular flexibility index (Phi) is 6.01. The second kappa shape index (κ2) is 7.30. The third-order valence-electron chi connectivity index (χ3n) is 3.11. The average Bonchev–Trinajstić information content (AvgIpc) is 2.37. The number of aliphatic hydroxyl groups is 1. The lowest BCUT2D eigenvalue weighted by Gasteiger charge is -2.23. The van der Waals surface area contributed by atoms with Crippen LogP contribution >= 0.6 is 0 Å². The molecule has 0 heterocycles. The molecular formula is C14H23NO2. The highest BCUT2D eigenvalue weighted by molar-refractivity contribution is 5.37. The van der Waals surface area contributed by atoms with Crippen molar-refractivity contribution >= 4 is 0 Å². The van der Waals surface area contributed by atoms with Gasteiger partial charge in [0.05, 0.1) is 13.2 Å². The molecule has 1 aromatic rings. The van der Waals surface area contributed by atoms with Crippen molar-refractivity contribution in [1.82, 2.24) is 0 Å². The van der Waals surface area contributed by atoms with Crippen molar-refractivity contribution < 1.29 is 9.84 Å². The number of nitrogens with two attached hydrogens (primary N) is 1. The van der Waals surface area contributed by atoms with Crippen LogP contribution in [0.5, 0.6) is 5.75 Å². The zero-order valence-corrected chi connectivity index (χ0v) is 10.7. The van der Waals surface area contributed by atoms with Crippen LogP contribution in [-0.2, 0) is 0 Å². The molecular weight excluding hydrogens is 214 g/mol. The topological polar surface area (TPSA) is 55.5 Å². The highest BCUT2D eigenvalue weighted by Gasteiger charge is 2.22. The van der Waals surface area contributed by atoms with Crippen molar-refractivity contribution in [2.75, 3.05) is 13.7 Å². The lowest BCUT2D eigenvalue weighted by Crippen LogP contribution is -2.26. The van der Waals surface area contributed by atoms with Crippen molar-refractivity contribution in [1.29, 1.82) is 0 Å². The molecule has 0 spiro atoms. The van der Waals surface area contributed by atoms with Gasteiger partial charge in [-0.25, -0.2) is 0 Å². The van der Waals surface area contributed by atoms with Crippen molar-refractivity contribution in [3.63, 3.8) is 0 Å². The summed E-state index contributed by atoms with van der Waals surface area (Å²) < 4.78 is 5.32. The Morgan fingerprint density at radius 2 is 2.06 bits per heavy atom. The van der Waals surface area contributed by atoms with E-state index < -0.39 is 6.10 Å². The highest BCUT2D eigenvalue weighted by Crippen LogP contribution is 2.29. The van der Waals surface area contributed by atoms with Gasteiger partial charge in [0, 0.05) is 18.0 Å². The van der Waals surface area contributed by atoms with E-state index in [9.17, 15) is 5.11 Å². The smallest absolute Gasteiger partial charge is 0.122 e. The molecule has 2 unspecified atom stereocenters. The fraction of sp³-hybridized carbons (Fsp3) is 0.571. The van der Waals surface area contributed by atoms with Crippen LogP contribution < -0.4 is 10.5 Å². The summed E-state index contributed by atoms with van der Waals surface area (Å²) in [6.45, 7) is 2.55. The number of hydrogen-bond donors (Lipinski definition) is 2. The molecule has 96 valence electrons. The van der Waals surface area contributed by atoms with Crippen LogP contribution in [0.15, 0.2) is 24.3 Å². The Bertz CT molecular complexity index is 328. The minimum Gasteiger partial charge on any atom is -0.496 e. The van der Waals surface area contributed by atoms with Crippen molar-refractivity contribution in [2.45, 2.75) is 38.2 Å². The second-order valence-corrected chi connectivity index (χ2v) is 4.29. The van der Waals surface area contributed by atoms with Crippen molar-refractivity contribution in [3.8, 4) is 5.75 Å². The number of para-hydroxylation sites is 1. The van der Waals surface area contributed by atoms with E-state index in [1.807, 2.05) is 24.3 Å². The summed E-state index contributed by atoms with van der Waals surface area (Å²) in [6, 6.07) is 7.76. The number of ether oxygens (including phenoxy) is 1. The highest BCUT2D eigenvalue weighted by atomic mass is 16.5. The first-order chi connectivity index (χ1) is 8.24. The van der Waals surface area contributed by atoms with Gasteiger partial charge in [0.15, 0.2) is 0 Å². The zero-order chi connectivity index (χ0) is 12.7. The van der Waals surface area contributed by atoms with Gasteiger partial charge >= 0.3 is 0 Å². The fourth-order valence-corrected chi connectivity index (χ4v) is 2.08. The lowest BCUT2D eigenvalue weighted by molar-refractivity contribution is 0.132. The largest absolute Gasteiger partial charge is 0.496 e. The fourth-order valence-electron chi connectivity index (χ4n) is 2.08. The van der Waals surface area contributed by atoms with Gasteiger partial charge < -0.3 is 15.6 Å². The monoisotopic (exact) mass is 237 g/mol. The summed E-state index contributed by atoms with van der Waals surface area (Å²) in [6.07, 6.45) is 2.50. The molecule has 1 rings (SSSR count). The first-order valence-electron chi connectivity index (χ1n) is 6.25. The molecule has 17 heavy (non-hydrogen) atoms. The van der Waals surface area contributed by atoms with Gasteiger partial charge in [-0.15, -0.1) is 0 Å². The molecule has 0 aliphatic rings. The molecule has 3 heteroatoms. The van der Waals surface area contributed by atoms with Gasteiger partial charge in [-0.3, -0.25) is 0 Å². The first kappa shape index (κ1) is 14.0. The Hall–Kier alpha value is -1.06. The Morgan fingerprint density at radius 3 is 2.65 bits per heavy atom. The van der Waals surface area contributed by atoms with Crippen LogP contribution in [0.25, 0.3) is 0 Å². The van der Waals surface area contributed by atoms with E-state index in [1.54, 1.807) is 7.11 Å². The summed E-state index contributed by atoms with van der Waals surface area (Å²) in [7, 11) is 1.64. The van der Waals surface area contributed by atoms with Gasteiger partial charge in [-0.2, -0.15) is 0 Å². The Morgan fingerprint density at radius 1 is 1.35 bits per heavy atom. The van der Waals surface area contributed by atoms with E-state index in [1.165, 1.54) is 0 Å². The lowest BCUT2D eigenvalue weighted by atomic mass is 9.90. The van der Waals surface area contributed by atoms with Gasteiger partial charge in [0.1, 0.15) is 5.75 Å². The zero-order valence-electron chi connectivity index (χ0n) is 10.7. The van der Waals surface area contributed by atoms with Crippen LogP contribution in [0.1, 0.15) is 37.7 Å². The molecule has 0 amide bonds. The third kappa shape index (κ3) is 3.72. The summed E-state index contributed by atoms with van der Waals surface area (Å²) in [5, 5.41) is 10.2. The summed E-state index contributed by atoms with van der Waals surface area (Å²) in [4.78, 5) is 0. The van der Waals surface area contributed by atoms with Gasteiger partial charge in [0.2, 0.25) is 0 Å². The van der Waals surface area contributed by atoms with E-state index in [4.69, 9.17) is 10.5 Å². The van der Waals surface area contributed by atoms with E-state index >= 15 is 0 Å². The molecule has 0 aliphatic carbocycles. The molecule has 3 nitrogen and oxygen atoms in total. The predicted molar refractivity (Wildman–Crippen MR) is 70.3 cm³/mol. The second-order valence-electron chi connectivity index (χ2n) is 4.29. The third-order valence-corrected chi connectivity index (χ3v) is 3.11. The Balaban J connectivity index is 2.84. The summed E-state index contributed by atoms with van der Waals surface area (Å²) in [5.74, 6) is 0.760. The summed E-state index contributed by atoms with van der Waals surface area (Å²) in [5.41, 5.74) is 6.79. The van der Waals surface area contributed by atoms with Crippen molar-refractivity contribution in [3.05, 3.63) is 29.8 Å². The van der Waals surface area contributed by atoms with Crippen LogP contribution in [-0.4, -0.2) is 24.9 Å². The molecule has 0 bridgehead atoms. The molecule has 3 N–H and O–H groups in total. The molecule has 0 saturated carbocycles. The number of hydrogen-bond acceptors (Lipinski definition) is 3. The van der Waals surface area contributed by atoms with Gasteiger partial charge in [-0.05, 0) is 12.5 Å². The van der Waals surface area contributed by atoms with Gasteiger partial charge in [-0.1, -0.05) is 38.0 Å². The maximum Gasteiger partial charge on any atom is 0.122 e. The maximum atomic E-state index is 10.2. The molecule has 0 aliphatic heterocycles. The normalized spacial score (nSPS) is 14.4. The Labute approximate surface area is 104 Å². The molecule has 0 fully saturated rings. The minimum atomic E-state index is -0.392. The van der Waals surface area contributed by atoms with Crippen molar-refractivity contribution in [2.24, 2.45) is 5.73 Å². The summed E-state index contributed by atoms with van der Waals surface area (Å²) >= 11 is 0. The predicted octanol–water partition coefficient (Wildman–Crippen LogP) is 2.29. The van der Waals surface area contributed by atoms with E-state index in [2.05, 4.69) is 6.92 Å². The number of aliphatic hydroxyl groups excluding tert-OH is 1. The molecule has 0 aromatic heterocycles. The number of methoxy groups -OCH3 is 1. The van der Waals surface area contributed by atoms with Crippen LogP contribution in [0, 0.1) is 0 Å². The van der Waals surface area contributed by atoms with Gasteiger partial charge in [0.25, 0.3) is 0 Å². The minimum absolute atomic E-state index is 0.0438. The molecule has 0 radical (unpaired) electrons. The van der Waals surface area contributed by atoms with Crippen LogP contribution in [0.3, 0.4) is 0 Å². The average molecular weight is 237 g/mol. The quantitative estimate of drug-likeness (QED) is 0.765. The number of unbranched alkanes of at least 4 members (excludes halogenated alkanes) is 1. The molecule has 2 atom stereocenters. The van der Waals surface area contributed by atoms with E-state index in [-0.39, 0.29) is 5.92 Å². The van der Waals surface area contributed by atoms with E-state index in [0.29, 0.717) is 6.54 Å². The SMILES string of the molecule is CCCCC(O)C(CN)c1ccccc1OC. The van der Waals surface area contributed by atoms with E-state index in [0.717, 1.165) is 30.6 Å². The molecule has 1 aromatic carbocycles. The molecule has 0 saturated heterocycles. The number of benzene rings is 1. The first-order valence-corrected chi connectivity index (χ1v) is 6.25.